The molecular weight excluding hydrogens is 309 g/mol. The lowest BCUT2D eigenvalue weighted by Crippen LogP contribution is -2.33. The number of carbonyl (C=O) groups excluding carboxylic acids is 1. The molecule has 0 heterocycles. The van der Waals surface area contributed by atoms with E-state index in [1.165, 1.54) is 0 Å². The van der Waals surface area contributed by atoms with Gasteiger partial charge in [0.2, 0.25) is 0 Å². The molecule has 5 heteroatoms. The fourth-order valence-corrected chi connectivity index (χ4v) is 1.70. The van der Waals surface area contributed by atoms with Gasteiger partial charge in [0.1, 0.15) is 6.61 Å². The van der Waals surface area contributed by atoms with Crippen LogP contribution in [0.4, 0.5) is 0 Å². The summed E-state index contributed by atoms with van der Waals surface area (Å²) in [5, 5.41) is 8.89. The van der Waals surface area contributed by atoms with Crippen LogP contribution in [0.25, 0.3) is 0 Å². The molecule has 0 aliphatic carbocycles. The van der Waals surface area contributed by atoms with Crippen molar-refractivity contribution in [1.82, 2.24) is 3.53 Å². The SMILES string of the molecule is CCC(C(=O)OCC(CO)NI)C(C)C. The summed E-state index contributed by atoms with van der Waals surface area (Å²) < 4.78 is 7.97. The van der Waals surface area contributed by atoms with E-state index < -0.39 is 0 Å². The predicted octanol–water partition coefficient (Wildman–Crippen LogP) is 1.51. The minimum atomic E-state index is -0.181. The van der Waals surface area contributed by atoms with Gasteiger partial charge in [-0.1, -0.05) is 20.8 Å². The molecule has 0 aromatic carbocycles. The monoisotopic (exact) mass is 329 g/mol. The van der Waals surface area contributed by atoms with Crippen molar-refractivity contribution in [2.45, 2.75) is 33.2 Å². The molecule has 2 N–H and O–H groups in total. The summed E-state index contributed by atoms with van der Waals surface area (Å²) in [6.07, 6.45) is 0.790. The van der Waals surface area contributed by atoms with Crippen LogP contribution >= 0.6 is 22.9 Å². The Hall–Kier alpha value is 0.120. The molecule has 0 bridgehead atoms. The van der Waals surface area contributed by atoms with E-state index in [0.717, 1.165) is 6.42 Å². The number of hydrogen-bond donors (Lipinski definition) is 2. The average Bonchev–Trinajstić information content (AvgIpc) is 2.19. The van der Waals surface area contributed by atoms with Crippen LogP contribution in [-0.2, 0) is 9.53 Å². The maximum Gasteiger partial charge on any atom is 0.309 e. The standard InChI is InChI=1S/C10H20INO3/c1-4-9(7(2)3)10(14)15-6-8(5-13)12-11/h7-9,12-13H,4-6H2,1-3H3. The third-order valence-electron chi connectivity index (χ3n) is 2.35. The maximum absolute atomic E-state index is 11.6. The third kappa shape index (κ3) is 5.67. The van der Waals surface area contributed by atoms with Gasteiger partial charge < -0.3 is 9.84 Å². The van der Waals surface area contributed by atoms with Crippen molar-refractivity contribution in [3.63, 3.8) is 0 Å². The fraction of sp³-hybridized carbons (Fsp3) is 0.900. The van der Waals surface area contributed by atoms with E-state index in [2.05, 4.69) is 3.53 Å². The van der Waals surface area contributed by atoms with E-state index in [9.17, 15) is 4.79 Å². The van der Waals surface area contributed by atoms with Crippen molar-refractivity contribution < 1.29 is 14.6 Å². The number of ether oxygens (including phenoxy) is 1. The Bertz CT molecular complexity index is 184. The van der Waals surface area contributed by atoms with Gasteiger partial charge in [0.25, 0.3) is 0 Å². The zero-order valence-corrected chi connectivity index (χ0v) is 11.7. The number of hydrogen-bond acceptors (Lipinski definition) is 4. The molecule has 0 fully saturated rings. The van der Waals surface area contributed by atoms with E-state index >= 15 is 0 Å². The first-order valence-electron chi connectivity index (χ1n) is 5.20. The van der Waals surface area contributed by atoms with Gasteiger partial charge in [-0.05, 0) is 12.3 Å². The second kappa shape index (κ2) is 8.29. The van der Waals surface area contributed by atoms with Crippen LogP contribution in [0.15, 0.2) is 0 Å². The van der Waals surface area contributed by atoms with Crippen molar-refractivity contribution in [2.24, 2.45) is 11.8 Å². The topological polar surface area (TPSA) is 58.6 Å². The summed E-state index contributed by atoms with van der Waals surface area (Å²) in [7, 11) is 0. The van der Waals surface area contributed by atoms with E-state index in [1.54, 1.807) is 0 Å². The van der Waals surface area contributed by atoms with Crippen molar-refractivity contribution in [1.29, 1.82) is 0 Å². The second-order valence-corrected chi connectivity index (χ2v) is 4.50. The molecule has 0 aliphatic heterocycles. The Morgan fingerprint density at radius 2 is 2.13 bits per heavy atom. The number of carbonyl (C=O) groups is 1. The molecule has 0 aromatic rings. The van der Waals surface area contributed by atoms with Gasteiger partial charge >= 0.3 is 5.97 Å². The molecule has 2 unspecified atom stereocenters. The molecule has 4 nitrogen and oxygen atoms in total. The molecule has 0 saturated heterocycles. The minimum absolute atomic E-state index is 0.0330. The van der Waals surface area contributed by atoms with Gasteiger partial charge in [-0.15, -0.1) is 0 Å². The van der Waals surface area contributed by atoms with Gasteiger partial charge in [-0.3, -0.25) is 8.32 Å². The smallest absolute Gasteiger partial charge is 0.309 e. The quantitative estimate of drug-likeness (QED) is 0.422. The molecule has 0 rings (SSSR count). The first kappa shape index (κ1) is 15.1. The molecule has 0 saturated carbocycles. The number of rotatable bonds is 7. The lowest BCUT2D eigenvalue weighted by Gasteiger charge is -2.19. The van der Waals surface area contributed by atoms with E-state index in [1.807, 2.05) is 43.6 Å². The molecule has 0 aromatic heterocycles. The maximum atomic E-state index is 11.6. The van der Waals surface area contributed by atoms with E-state index in [-0.39, 0.29) is 31.1 Å². The molecule has 0 spiro atoms. The predicted molar refractivity (Wildman–Crippen MR) is 67.6 cm³/mol. The van der Waals surface area contributed by atoms with Crippen molar-refractivity contribution in [3.8, 4) is 0 Å². The number of nitrogens with one attached hydrogen (secondary N) is 1. The van der Waals surface area contributed by atoms with Gasteiger partial charge in [0.15, 0.2) is 0 Å². The highest BCUT2D eigenvalue weighted by Gasteiger charge is 2.22. The van der Waals surface area contributed by atoms with Crippen LogP contribution in [0.2, 0.25) is 0 Å². The average molecular weight is 329 g/mol. The Morgan fingerprint density at radius 1 is 1.53 bits per heavy atom. The fourth-order valence-electron chi connectivity index (χ4n) is 1.32. The number of halogens is 1. The van der Waals surface area contributed by atoms with Crippen molar-refractivity contribution >= 4 is 28.8 Å². The highest BCUT2D eigenvalue weighted by molar-refractivity contribution is 14.1. The second-order valence-electron chi connectivity index (χ2n) is 3.88. The molecule has 2 atom stereocenters. The lowest BCUT2D eigenvalue weighted by atomic mass is 9.93. The molecule has 15 heavy (non-hydrogen) atoms. The van der Waals surface area contributed by atoms with E-state index in [4.69, 9.17) is 9.84 Å². The van der Waals surface area contributed by atoms with Gasteiger partial charge in [-0.25, -0.2) is 0 Å². The van der Waals surface area contributed by atoms with Gasteiger partial charge in [0.05, 0.1) is 18.6 Å². The summed E-state index contributed by atoms with van der Waals surface area (Å²) in [6.45, 7) is 6.19. The Morgan fingerprint density at radius 3 is 2.47 bits per heavy atom. The normalized spacial score (nSPS) is 15.1. The molecule has 90 valence electrons. The molecule has 0 aliphatic rings. The number of aliphatic hydroxyl groups excluding tert-OH is 1. The third-order valence-corrected chi connectivity index (χ3v) is 3.23. The Balaban J connectivity index is 4.00. The highest BCUT2D eigenvalue weighted by atomic mass is 127. The van der Waals surface area contributed by atoms with Crippen LogP contribution in [0.5, 0.6) is 0 Å². The Labute approximate surface area is 105 Å². The number of esters is 1. The van der Waals surface area contributed by atoms with Crippen LogP contribution in [0, 0.1) is 11.8 Å². The van der Waals surface area contributed by atoms with Crippen molar-refractivity contribution in [3.05, 3.63) is 0 Å². The molecule has 0 radical (unpaired) electrons. The van der Waals surface area contributed by atoms with Gasteiger partial charge in [-0.2, -0.15) is 0 Å². The summed E-state index contributed by atoms with van der Waals surface area (Å²) in [4.78, 5) is 11.6. The summed E-state index contributed by atoms with van der Waals surface area (Å²) in [6, 6.07) is -0.181. The molecule has 0 amide bonds. The largest absolute Gasteiger partial charge is 0.464 e. The van der Waals surface area contributed by atoms with Crippen LogP contribution in [0.3, 0.4) is 0 Å². The van der Waals surface area contributed by atoms with E-state index in [0.29, 0.717) is 5.92 Å². The van der Waals surface area contributed by atoms with Crippen LogP contribution in [0.1, 0.15) is 27.2 Å². The van der Waals surface area contributed by atoms with Crippen LogP contribution in [-0.4, -0.2) is 30.3 Å². The zero-order valence-electron chi connectivity index (χ0n) is 9.50. The highest BCUT2D eigenvalue weighted by Crippen LogP contribution is 2.16. The van der Waals surface area contributed by atoms with Crippen molar-refractivity contribution in [2.75, 3.05) is 13.2 Å². The Kier molecular flexibility index (Phi) is 8.36. The first-order chi connectivity index (χ1) is 7.06. The first-order valence-corrected chi connectivity index (χ1v) is 6.28. The lowest BCUT2D eigenvalue weighted by molar-refractivity contribution is -0.151. The van der Waals surface area contributed by atoms with Gasteiger partial charge in [0, 0.05) is 22.9 Å². The number of aliphatic hydroxyl groups is 1. The zero-order chi connectivity index (χ0) is 11.8. The summed E-state index contributed by atoms with van der Waals surface area (Å²) in [5.41, 5.74) is 0. The molecular formula is C10H20INO3. The summed E-state index contributed by atoms with van der Waals surface area (Å²) in [5.74, 6) is 0.0822. The minimum Gasteiger partial charge on any atom is -0.464 e. The van der Waals surface area contributed by atoms with Crippen LogP contribution < -0.4 is 3.53 Å². The summed E-state index contributed by atoms with van der Waals surface area (Å²) >= 11 is 1.93.